The first-order chi connectivity index (χ1) is 13.0. The zero-order chi connectivity index (χ0) is 19.4. The largest absolute Gasteiger partial charge is 0.314 e. The van der Waals surface area contributed by atoms with Crippen LogP contribution in [0.25, 0.3) is 0 Å². The molecular weight excluding hydrogens is 342 g/mol. The van der Waals surface area contributed by atoms with Gasteiger partial charge in [-0.1, -0.05) is 24.6 Å². The highest BCUT2D eigenvalue weighted by Gasteiger charge is 2.30. The average molecular weight is 369 g/mol. The van der Waals surface area contributed by atoms with E-state index in [0.29, 0.717) is 43.5 Å². The van der Waals surface area contributed by atoms with Gasteiger partial charge in [0.15, 0.2) is 5.82 Å². The quantitative estimate of drug-likeness (QED) is 0.700. The number of aromatic amines is 1. The van der Waals surface area contributed by atoms with Crippen LogP contribution in [0.3, 0.4) is 0 Å². The summed E-state index contributed by atoms with van der Waals surface area (Å²) in [5.41, 5.74) is 3.26. The molecule has 27 heavy (non-hydrogen) atoms. The van der Waals surface area contributed by atoms with Crippen molar-refractivity contribution in [2.24, 2.45) is 0 Å². The second-order valence-corrected chi connectivity index (χ2v) is 7.03. The van der Waals surface area contributed by atoms with Gasteiger partial charge in [0, 0.05) is 36.8 Å². The van der Waals surface area contributed by atoms with Gasteiger partial charge in [-0.25, -0.2) is 0 Å². The van der Waals surface area contributed by atoms with E-state index in [4.69, 9.17) is 0 Å². The van der Waals surface area contributed by atoms with E-state index in [9.17, 15) is 9.59 Å². The van der Waals surface area contributed by atoms with Gasteiger partial charge in [-0.05, 0) is 38.8 Å². The number of fused-ring (bicyclic) bond motifs is 1. The molecule has 7 nitrogen and oxygen atoms in total. The summed E-state index contributed by atoms with van der Waals surface area (Å²) in [5, 5.41) is 13.1. The van der Waals surface area contributed by atoms with E-state index in [2.05, 4.69) is 34.7 Å². The highest BCUT2D eigenvalue weighted by Crippen LogP contribution is 2.27. The van der Waals surface area contributed by atoms with Gasteiger partial charge in [-0.3, -0.25) is 14.7 Å². The second-order valence-electron chi connectivity index (χ2n) is 7.03. The molecule has 0 saturated carbocycles. The van der Waals surface area contributed by atoms with E-state index in [1.54, 1.807) is 4.90 Å². The fourth-order valence-electron chi connectivity index (χ4n) is 3.09. The molecule has 3 N–H and O–H groups in total. The van der Waals surface area contributed by atoms with Crippen LogP contribution in [-0.4, -0.2) is 41.1 Å². The SMILES string of the molecule is CCC(C)NCCC(=O)Nc1n[nH]c2c1CCN(c1ccc(C)cc1)C2=O. The van der Waals surface area contributed by atoms with Crippen molar-refractivity contribution >= 4 is 23.3 Å². The molecule has 0 saturated heterocycles. The number of amides is 2. The zero-order valence-corrected chi connectivity index (χ0v) is 16.1. The number of H-pyrrole nitrogens is 1. The number of aryl methyl sites for hydroxylation is 1. The van der Waals surface area contributed by atoms with E-state index in [-0.39, 0.29) is 11.8 Å². The fourth-order valence-corrected chi connectivity index (χ4v) is 3.09. The van der Waals surface area contributed by atoms with E-state index in [1.807, 2.05) is 31.2 Å². The summed E-state index contributed by atoms with van der Waals surface area (Å²) >= 11 is 0. The van der Waals surface area contributed by atoms with E-state index >= 15 is 0 Å². The van der Waals surface area contributed by atoms with Gasteiger partial charge < -0.3 is 15.5 Å². The summed E-state index contributed by atoms with van der Waals surface area (Å²) in [6.45, 7) is 7.39. The highest BCUT2D eigenvalue weighted by molar-refractivity contribution is 6.08. The molecule has 0 aliphatic carbocycles. The molecule has 0 spiro atoms. The van der Waals surface area contributed by atoms with E-state index in [0.717, 1.165) is 23.2 Å². The molecule has 2 amide bonds. The fraction of sp³-hybridized carbons (Fsp3) is 0.450. The van der Waals surface area contributed by atoms with Gasteiger partial charge in [0.2, 0.25) is 5.91 Å². The molecule has 1 aromatic carbocycles. The third kappa shape index (κ3) is 4.36. The number of hydrogen-bond acceptors (Lipinski definition) is 4. The Bertz CT molecular complexity index is 812. The number of nitrogens with zero attached hydrogens (tertiary/aromatic N) is 2. The molecular formula is C20H27N5O2. The zero-order valence-electron chi connectivity index (χ0n) is 16.1. The first kappa shape index (κ1) is 19.1. The molecule has 1 aliphatic heterocycles. The Morgan fingerprint density at radius 2 is 2.07 bits per heavy atom. The van der Waals surface area contributed by atoms with Crippen LogP contribution in [0, 0.1) is 6.92 Å². The summed E-state index contributed by atoms with van der Waals surface area (Å²) in [6, 6.07) is 8.26. The summed E-state index contributed by atoms with van der Waals surface area (Å²) in [4.78, 5) is 26.7. The van der Waals surface area contributed by atoms with Crippen LogP contribution in [0.5, 0.6) is 0 Å². The van der Waals surface area contributed by atoms with Crippen LogP contribution in [0.1, 0.15) is 48.3 Å². The highest BCUT2D eigenvalue weighted by atomic mass is 16.2. The molecule has 1 unspecified atom stereocenters. The molecule has 2 aromatic rings. The van der Waals surface area contributed by atoms with Crippen LogP contribution in [-0.2, 0) is 11.2 Å². The average Bonchev–Trinajstić information content (AvgIpc) is 3.06. The molecule has 3 rings (SSSR count). The minimum absolute atomic E-state index is 0.103. The van der Waals surface area contributed by atoms with Crippen molar-refractivity contribution in [1.29, 1.82) is 0 Å². The number of nitrogens with one attached hydrogen (secondary N) is 3. The van der Waals surface area contributed by atoms with Crippen LogP contribution in [0.4, 0.5) is 11.5 Å². The number of aromatic nitrogens is 2. The van der Waals surface area contributed by atoms with Crippen molar-refractivity contribution < 1.29 is 9.59 Å². The van der Waals surface area contributed by atoms with Gasteiger partial charge >= 0.3 is 0 Å². The first-order valence-electron chi connectivity index (χ1n) is 9.48. The Morgan fingerprint density at radius 3 is 2.78 bits per heavy atom. The van der Waals surface area contributed by atoms with Crippen molar-refractivity contribution in [1.82, 2.24) is 15.5 Å². The number of carbonyl (C=O) groups excluding carboxylic acids is 2. The van der Waals surface area contributed by atoms with Crippen LogP contribution in [0.2, 0.25) is 0 Å². The molecule has 0 fully saturated rings. The van der Waals surface area contributed by atoms with Crippen molar-refractivity contribution in [3.8, 4) is 0 Å². The molecule has 1 aromatic heterocycles. The lowest BCUT2D eigenvalue weighted by Gasteiger charge is -2.26. The second kappa shape index (κ2) is 8.35. The lowest BCUT2D eigenvalue weighted by Crippen LogP contribution is -2.37. The van der Waals surface area contributed by atoms with Crippen LogP contribution >= 0.6 is 0 Å². The predicted molar refractivity (Wildman–Crippen MR) is 106 cm³/mol. The minimum atomic E-state index is -0.119. The van der Waals surface area contributed by atoms with Gasteiger partial charge in [-0.2, -0.15) is 5.10 Å². The molecule has 2 heterocycles. The maximum absolute atomic E-state index is 12.8. The van der Waals surface area contributed by atoms with Crippen molar-refractivity contribution in [3.05, 3.63) is 41.1 Å². The third-order valence-corrected chi connectivity index (χ3v) is 4.97. The van der Waals surface area contributed by atoms with Crippen molar-refractivity contribution in [3.63, 3.8) is 0 Å². The Labute approximate surface area is 159 Å². The van der Waals surface area contributed by atoms with Crippen molar-refractivity contribution in [2.75, 3.05) is 23.3 Å². The van der Waals surface area contributed by atoms with Crippen LogP contribution < -0.4 is 15.5 Å². The summed E-state index contributed by atoms with van der Waals surface area (Å²) in [6.07, 6.45) is 2.04. The normalized spacial score (nSPS) is 14.8. The molecule has 1 atom stereocenters. The molecule has 7 heteroatoms. The smallest absolute Gasteiger partial charge is 0.276 e. The van der Waals surface area contributed by atoms with Crippen molar-refractivity contribution in [2.45, 2.75) is 46.1 Å². The number of rotatable bonds is 7. The van der Waals surface area contributed by atoms with Gasteiger partial charge in [0.05, 0.1) is 0 Å². The molecule has 1 aliphatic rings. The maximum atomic E-state index is 12.8. The minimum Gasteiger partial charge on any atom is -0.314 e. The Balaban J connectivity index is 1.64. The van der Waals surface area contributed by atoms with Gasteiger partial charge in [0.25, 0.3) is 5.91 Å². The Hall–Kier alpha value is -2.67. The van der Waals surface area contributed by atoms with E-state index < -0.39 is 0 Å². The van der Waals surface area contributed by atoms with E-state index in [1.165, 1.54) is 0 Å². The number of anilines is 2. The summed E-state index contributed by atoms with van der Waals surface area (Å²) in [5.74, 6) is 0.246. The van der Waals surface area contributed by atoms with Crippen LogP contribution in [0.15, 0.2) is 24.3 Å². The lowest BCUT2D eigenvalue weighted by molar-refractivity contribution is -0.116. The van der Waals surface area contributed by atoms with Gasteiger partial charge in [-0.15, -0.1) is 0 Å². The number of carbonyl (C=O) groups is 2. The third-order valence-electron chi connectivity index (χ3n) is 4.97. The molecule has 144 valence electrons. The molecule has 0 bridgehead atoms. The Kier molecular flexibility index (Phi) is 5.91. The monoisotopic (exact) mass is 369 g/mol. The topological polar surface area (TPSA) is 90.1 Å². The standard InChI is InChI=1S/C20H27N5O2/c1-4-14(3)21-11-9-17(26)22-19-16-10-12-25(20(27)18(16)23-24-19)15-7-5-13(2)6-8-15/h5-8,14,21H,4,9-12H2,1-3H3,(H2,22,23,24,26). The lowest BCUT2D eigenvalue weighted by atomic mass is 10.0. The predicted octanol–water partition coefficient (Wildman–Crippen LogP) is 2.64. The van der Waals surface area contributed by atoms with Gasteiger partial charge in [0.1, 0.15) is 5.69 Å². The first-order valence-corrected chi connectivity index (χ1v) is 9.48. The Morgan fingerprint density at radius 1 is 1.33 bits per heavy atom. The maximum Gasteiger partial charge on any atom is 0.276 e. The number of hydrogen-bond donors (Lipinski definition) is 3. The summed E-state index contributed by atoms with van der Waals surface area (Å²) < 4.78 is 0. The number of benzene rings is 1. The molecule has 0 radical (unpaired) electrons. The summed E-state index contributed by atoms with van der Waals surface area (Å²) in [7, 11) is 0.